The van der Waals surface area contributed by atoms with Crippen molar-refractivity contribution in [3.63, 3.8) is 0 Å². The summed E-state index contributed by atoms with van der Waals surface area (Å²) in [7, 11) is 0. The first-order valence-corrected chi connectivity index (χ1v) is 10.5. The first-order chi connectivity index (χ1) is 13.1. The molecule has 7 nitrogen and oxygen atoms in total. The fraction of sp³-hybridized carbons (Fsp3) is 0.526. The van der Waals surface area contributed by atoms with Gasteiger partial charge < -0.3 is 19.9 Å². The van der Waals surface area contributed by atoms with Gasteiger partial charge in [-0.1, -0.05) is 12.1 Å². The summed E-state index contributed by atoms with van der Waals surface area (Å²) in [6.07, 6.45) is 1.10. The number of carbonyl (C=O) groups excluding carboxylic acids is 3. The van der Waals surface area contributed by atoms with Gasteiger partial charge in [-0.05, 0) is 12.1 Å². The molecule has 0 aromatic heterocycles. The summed E-state index contributed by atoms with van der Waals surface area (Å²) in [6.45, 7) is 1.97. The summed E-state index contributed by atoms with van der Waals surface area (Å²) < 4.78 is 6.12. The van der Waals surface area contributed by atoms with Crippen molar-refractivity contribution in [2.24, 2.45) is 0 Å². The molecule has 0 saturated carbocycles. The summed E-state index contributed by atoms with van der Waals surface area (Å²) in [5.74, 6) is 2.19. The lowest BCUT2D eigenvalue weighted by molar-refractivity contribution is -0.140. The molecule has 2 fully saturated rings. The molecular weight excluding hydrogens is 366 g/mol. The summed E-state index contributed by atoms with van der Waals surface area (Å²) in [5.41, 5.74) is -0.380. The van der Waals surface area contributed by atoms with Crippen LogP contribution in [0.15, 0.2) is 24.3 Å². The molecule has 1 aromatic rings. The van der Waals surface area contributed by atoms with E-state index in [1.807, 2.05) is 22.7 Å². The monoisotopic (exact) mass is 389 g/mol. The third-order valence-corrected chi connectivity index (χ3v) is 6.29. The molecule has 1 unspecified atom stereocenters. The van der Waals surface area contributed by atoms with Crippen LogP contribution in [0.3, 0.4) is 0 Å². The second-order valence-electron chi connectivity index (χ2n) is 7.11. The number of thioether (sulfide) groups is 1. The number of nitrogens with one attached hydrogen (secondary N) is 1. The van der Waals surface area contributed by atoms with Crippen LogP contribution in [-0.2, 0) is 9.59 Å². The van der Waals surface area contributed by atoms with Crippen LogP contribution < -0.4 is 10.1 Å². The van der Waals surface area contributed by atoms with Gasteiger partial charge in [-0.3, -0.25) is 14.4 Å². The van der Waals surface area contributed by atoms with Crippen molar-refractivity contribution in [1.82, 2.24) is 15.1 Å². The van der Waals surface area contributed by atoms with Crippen LogP contribution in [0.5, 0.6) is 5.75 Å². The third kappa shape index (κ3) is 3.76. The largest absolute Gasteiger partial charge is 0.467 e. The van der Waals surface area contributed by atoms with Crippen LogP contribution in [0, 0.1) is 0 Å². The van der Waals surface area contributed by atoms with Crippen LogP contribution in [0.4, 0.5) is 0 Å². The van der Waals surface area contributed by atoms with Crippen LogP contribution in [0.2, 0.25) is 0 Å². The zero-order chi connectivity index (χ0) is 18.9. The van der Waals surface area contributed by atoms with E-state index in [4.69, 9.17) is 4.74 Å². The highest BCUT2D eigenvalue weighted by atomic mass is 32.2. The van der Waals surface area contributed by atoms with Crippen molar-refractivity contribution < 1.29 is 19.1 Å². The Kier molecular flexibility index (Phi) is 4.99. The average Bonchev–Trinajstić information content (AvgIpc) is 2.83. The number of para-hydroxylation sites is 1. The molecule has 3 aliphatic heterocycles. The molecule has 8 heteroatoms. The minimum atomic E-state index is -0.888. The molecule has 1 spiro atoms. The molecular formula is C19H23N3O4S. The zero-order valence-electron chi connectivity index (χ0n) is 15.1. The standard InChI is InChI=1S/C19H23N3O4S/c23-16-5-6-19(20-18(25)14-3-1-2-4-15(14)26-19)7-8-22(16)13-17(24)21-9-11-27-12-10-21/h1-4H,5-13H2,(H,20,25). The van der Waals surface area contributed by atoms with Gasteiger partial charge in [-0.25, -0.2) is 0 Å². The van der Waals surface area contributed by atoms with Crippen molar-refractivity contribution in [1.29, 1.82) is 0 Å². The van der Waals surface area contributed by atoms with E-state index in [0.29, 0.717) is 30.7 Å². The smallest absolute Gasteiger partial charge is 0.258 e. The molecule has 3 amide bonds. The molecule has 1 N–H and O–H groups in total. The van der Waals surface area contributed by atoms with Gasteiger partial charge in [0, 0.05) is 50.4 Å². The van der Waals surface area contributed by atoms with Crippen molar-refractivity contribution in [3.05, 3.63) is 29.8 Å². The van der Waals surface area contributed by atoms with Gasteiger partial charge in [-0.15, -0.1) is 0 Å². The number of amides is 3. The average molecular weight is 389 g/mol. The van der Waals surface area contributed by atoms with E-state index in [1.54, 1.807) is 23.1 Å². The molecule has 0 aliphatic carbocycles. The lowest BCUT2D eigenvalue weighted by Crippen LogP contribution is -2.56. The van der Waals surface area contributed by atoms with E-state index in [0.717, 1.165) is 24.6 Å². The quantitative estimate of drug-likeness (QED) is 0.819. The van der Waals surface area contributed by atoms with Crippen LogP contribution >= 0.6 is 11.8 Å². The second kappa shape index (κ2) is 7.42. The van der Waals surface area contributed by atoms with Crippen LogP contribution in [-0.4, -0.2) is 70.9 Å². The highest BCUT2D eigenvalue weighted by Crippen LogP contribution is 2.33. The molecule has 0 bridgehead atoms. The van der Waals surface area contributed by atoms with Crippen molar-refractivity contribution in [2.45, 2.75) is 25.0 Å². The Balaban J connectivity index is 1.44. The maximum absolute atomic E-state index is 12.6. The molecule has 4 rings (SSSR count). The number of likely N-dealkylation sites (tertiary alicyclic amines) is 1. The fourth-order valence-electron chi connectivity index (χ4n) is 3.76. The molecule has 3 heterocycles. The SMILES string of the molecule is O=C1NC2(CCC(=O)N(CC(=O)N3CCSCC3)CC2)Oc2ccccc21. The first-order valence-electron chi connectivity index (χ1n) is 9.30. The lowest BCUT2D eigenvalue weighted by atomic mass is 10.0. The highest BCUT2D eigenvalue weighted by Gasteiger charge is 2.42. The van der Waals surface area contributed by atoms with Gasteiger partial charge in [0.15, 0.2) is 5.72 Å². The van der Waals surface area contributed by atoms with E-state index in [-0.39, 0.29) is 30.7 Å². The summed E-state index contributed by atoms with van der Waals surface area (Å²) in [5, 5.41) is 2.95. The van der Waals surface area contributed by atoms with E-state index >= 15 is 0 Å². The fourth-order valence-corrected chi connectivity index (χ4v) is 4.66. The minimum Gasteiger partial charge on any atom is -0.467 e. The van der Waals surface area contributed by atoms with Crippen molar-refractivity contribution in [2.75, 3.05) is 37.7 Å². The van der Waals surface area contributed by atoms with Gasteiger partial charge in [-0.2, -0.15) is 11.8 Å². The Labute approximate surface area is 162 Å². The van der Waals surface area contributed by atoms with E-state index in [2.05, 4.69) is 5.32 Å². The van der Waals surface area contributed by atoms with Crippen LogP contribution in [0.1, 0.15) is 29.6 Å². The molecule has 2 saturated heterocycles. The zero-order valence-corrected chi connectivity index (χ0v) is 15.9. The summed E-state index contributed by atoms with van der Waals surface area (Å²) >= 11 is 1.84. The van der Waals surface area contributed by atoms with E-state index < -0.39 is 5.72 Å². The third-order valence-electron chi connectivity index (χ3n) is 5.35. The van der Waals surface area contributed by atoms with E-state index in [9.17, 15) is 14.4 Å². The number of ether oxygens (including phenoxy) is 1. The Bertz CT molecular complexity index is 765. The van der Waals surface area contributed by atoms with E-state index in [1.165, 1.54) is 0 Å². The lowest BCUT2D eigenvalue weighted by Gasteiger charge is -2.38. The van der Waals surface area contributed by atoms with Gasteiger partial charge in [0.25, 0.3) is 5.91 Å². The number of carbonyl (C=O) groups is 3. The van der Waals surface area contributed by atoms with Crippen molar-refractivity contribution in [3.8, 4) is 5.75 Å². The molecule has 144 valence electrons. The molecule has 27 heavy (non-hydrogen) atoms. The van der Waals surface area contributed by atoms with Gasteiger partial charge in [0.05, 0.1) is 12.1 Å². The predicted octanol–water partition coefficient (Wildman–Crippen LogP) is 1.09. The van der Waals surface area contributed by atoms with Crippen molar-refractivity contribution >= 4 is 29.5 Å². The van der Waals surface area contributed by atoms with Crippen LogP contribution in [0.25, 0.3) is 0 Å². The topological polar surface area (TPSA) is 79.0 Å². The predicted molar refractivity (Wildman–Crippen MR) is 102 cm³/mol. The highest BCUT2D eigenvalue weighted by molar-refractivity contribution is 7.99. The van der Waals surface area contributed by atoms with Gasteiger partial charge in [0.2, 0.25) is 11.8 Å². The Hall–Kier alpha value is -2.22. The number of rotatable bonds is 2. The minimum absolute atomic E-state index is 0.00135. The number of nitrogens with zero attached hydrogens (tertiary/aromatic N) is 2. The molecule has 1 aromatic carbocycles. The maximum Gasteiger partial charge on any atom is 0.258 e. The van der Waals surface area contributed by atoms with Gasteiger partial charge in [0.1, 0.15) is 5.75 Å². The Morgan fingerprint density at radius 3 is 2.74 bits per heavy atom. The number of benzene rings is 1. The molecule has 0 radical (unpaired) electrons. The molecule has 3 aliphatic rings. The second-order valence-corrected chi connectivity index (χ2v) is 8.33. The normalized spacial score (nSPS) is 25.5. The number of fused-ring (bicyclic) bond motifs is 1. The Morgan fingerprint density at radius 2 is 1.93 bits per heavy atom. The first kappa shape index (κ1) is 18.2. The summed E-state index contributed by atoms with van der Waals surface area (Å²) in [4.78, 5) is 41.0. The number of hydrogen-bond acceptors (Lipinski definition) is 5. The number of hydrogen-bond donors (Lipinski definition) is 1. The maximum atomic E-state index is 12.6. The molecule has 1 atom stereocenters. The van der Waals surface area contributed by atoms with Gasteiger partial charge >= 0.3 is 0 Å². The summed E-state index contributed by atoms with van der Waals surface area (Å²) in [6, 6.07) is 7.12. The Morgan fingerprint density at radius 1 is 1.15 bits per heavy atom.